The van der Waals surface area contributed by atoms with Crippen LogP contribution >= 0.6 is 0 Å². The van der Waals surface area contributed by atoms with Crippen LogP contribution in [0.2, 0.25) is 0 Å². The molecule has 2 aromatic rings. The largest absolute Gasteiger partial charge is 0.367 e. The summed E-state index contributed by atoms with van der Waals surface area (Å²) in [5.41, 5.74) is 4.83. The van der Waals surface area contributed by atoms with Crippen molar-refractivity contribution in [1.82, 2.24) is 15.5 Å². The fourth-order valence-corrected chi connectivity index (χ4v) is 2.62. The summed E-state index contributed by atoms with van der Waals surface area (Å²) in [7, 11) is 0. The van der Waals surface area contributed by atoms with Crippen LogP contribution in [0, 0.1) is 6.92 Å². The summed E-state index contributed by atoms with van der Waals surface area (Å²) in [4.78, 5) is 2.42. The molecule has 1 aliphatic rings. The minimum atomic E-state index is 1.04. The molecule has 0 radical (unpaired) electrons. The maximum atomic E-state index is 4.25. The summed E-state index contributed by atoms with van der Waals surface area (Å²) in [6.07, 6.45) is 3.13. The van der Waals surface area contributed by atoms with E-state index in [0.717, 1.165) is 31.9 Å². The van der Waals surface area contributed by atoms with Crippen molar-refractivity contribution in [1.29, 1.82) is 0 Å². The van der Waals surface area contributed by atoms with E-state index < -0.39 is 0 Å². The molecule has 0 amide bonds. The van der Waals surface area contributed by atoms with Gasteiger partial charge in [0.2, 0.25) is 0 Å². The standard InChI is InChI=1S/C15H20N4/c1-12-4-2-5-13(10-12)15-14(11-17-18-15)19-8-3-6-16-7-9-19/h2,4-5,10-11,16H,3,6-9H2,1H3,(H,17,18). The van der Waals surface area contributed by atoms with E-state index in [1.807, 2.05) is 6.20 Å². The van der Waals surface area contributed by atoms with E-state index in [1.165, 1.54) is 23.2 Å². The summed E-state index contributed by atoms with van der Waals surface area (Å²) < 4.78 is 0. The highest BCUT2D eigenvalue weighted by atomic mass is 15.2. The number of rotatable bonds is 2. The Kier molecular flexibility index (Phi) is 3.51. The molecule has 0 spiro atoms. The minimum absolute atomic E-state index is 1.04. The van der Waals surface area contributed by atoms with Crippen molar-refractivity contribution in [2.24, 2.45) is 0 Å². The third-order valence-electron chi connectivity index (χ3n) is 3.61. The van der Waals surface area contributed by atoms with Crippen molar-refractivity contribution >= 4 is 5.69 Å². The second kappa shape index (κ2) is 5.45. The maximum Gasteiger partial charge on any atom is 0.0884 e. The molecule has 0 bridgehead atoms. The number of H-pyrrole nitrogens is 1. The van der Waals surface area contributed by atoms with Crippen LogP contribution in [0.5, 0.6) is 0 Å². The molecular formula is C15H20N4. The molecule has 3 rings (SSSR count). The zero-order valence-electron chi connectivity index (χ0n) is 11.3. The van der Waals surface area contributed by atoms with Crippen LogP contribution in [0.25, 0.3) is 11.3 Å². The number of aromatic amines is 1. The lowest BCUT2D eigenvalue weighted by molar-refractivity contribution is 0.724. The first-order chi connectivity index (χ1) is 9.34. The van der Waals surface area contributed by atoms with Gasteiger partial charge in [-0.1, -0.05) is 23.8 Å². The van der Waals surface area contributed by atoms with Gasteiger partial charge in [0, 0.05) is 25.2 Å². The highest BCUT2D eigenvalue weighted by Crippen LogP contribution is 2.29. The second-order valence-corrected chi connectivity index (χ2v) is 5.09. The number of hydrogen-bond donors (Lipinski definition) is 2. The number of aromatic nitrogens is 2. The van der Waals surface area contributed by atoms with Gasteiger partial charge in [0.1, 0.15) is 0 Å². The Balaban J connectivity index is 1.93. The van der Waals surface area contributed by atoms with Gasteiger partial charge in [-0.3, -0.25) is 5.10 Å². The molecule has 19 heavy (non-hydrogen) atoms. The maximum absolute atomic E-state index is 4.25. The van der Waals surface area contributed by atoms with Gasteiger partial charge < -0.3 is 10.2 Å². The Bertz CT molecular complexity index is 539. The Morgan fingerprint density at radius 2 is 2.16 bits per heavy atom. The smallest absolute Gasteiger partial charge is 0.0884 e. The third kappa shape index (κ3) is 2.63. The summed E-state index contributed by atoms with van der Waals surface area (Å²) in [6, 6.07) is 8.56. The first-order valence-corrected chi connectivity index (χ1v) is 6.91. The van der Waals surface area contributed by atoms with Gasteiger partial charge in [-0.15, -0.1) is 0 Å². The van der Waals surface area contributed by atoms with Gasteiger partial charge in [-0.05, 0) is 26.0 Å². The number of nitrogens with one attached hydrogen (secondary N) is 2. The Morgan fingerprint density at radius 3 is 3.05 bits per heavy atom. The van der Waals surface area contributed by atoms with Crippen LogP contribution in [-0.2, 0) is 0 Å². The van der Waals surface area contributed by atoms with E-state index in [2.05, 4.69) is 51.6 Å². The zero-order valence-corrected chi connectivity index (χ0v) is 11.3. The lowest BCUT2D eigenvalue weighted by Crippen LogP contribution is -2.27. The molecule has 2 heterocycles. The van der Waals surface area contributed by atoms with Crippen molar-refractivity contribution in [2.45, 2.75) is 13.3 Å². The molecule has 0 aliphatic carbocycles. The lowest BCUT2D eigenvalue weighted by Gasteiger charge is -2.22. The number of aryl methyl sites for hydroxylation is 1. The monoisotopic (exact) mass is 256 g/mol. The van der Waals surface area contributed by atoms with Crippen LogP contribution in [0.15, 0.2) is 30.5 Å². The van der Waals surface area contributed by atoms with E-state index in [-0.39, 0.29) is 0 Å². The fourth-order valence-electron chi connectivity index (χ4n) is 2.62. The van der Waals surface area contributed by atoms with Gasteiger partial charge >= 0.3 is 0 Å². The molecule has 1 aliphatic heterocycles. The van der Waals surface area contributed by atoms with Crippen molar-refractivity contribution < 1.29 is 0 Å². The summed E-state index contributed by atoms with van der Waals surface area (Å²) in [5, 5.41) is 10.8. The van der Waals surface area contributed by atoms with Crippen LogP contribution in [0.1, 0.15) is 12.0 Å². The molecule has 4 heteroatoms. The third-order valence-corrected chi connectivity index (χ3v) is 3.61. The molecule has 4 nitrogen and oxygen atoms in total. The average Bonchev–Trinajstić information content (AvgIpc) is 2.75. The fraction of sp³-hybridized carbons (Fsp3) is 0.400. The van der Waals surface area contributed by atoms with Crippen molar-refractivity contribution in [2.75, 3.05) is 31.1 Å². The molecule has 1 saturated heterocycles. The summed E-state index contributed by atoms with van der Waals surface area (Å²) >= 11 is 0. The molecule has 0 saturated carbocycles. The molecule has 2 N–H and O–H groups in total. The highest BCUT2D eigenvalue weighted by Gasteiger charge is 2.16. The molecule has 100 valence electrons. The van der Waals surface area contributed by atoms with Crippen molar-refractivity contribution in [3.8, 4) is 11.3 Å². The predicted octanol–water partition coefficient (Wildman–Crippen LogP) is 2.18. The zero-order chi connectivity index (χ0) is 13.1. The van der Waals surface area contributed by atoms with E-state index >= 15 is 0 Å². The normalized spacial score (nSPS) is 16.4. The number of hydrogen-bond acceptors (Lipinski definition) is 3. The Morgan fingerprint density at radius 1 is 1.21 bits per heavy atom. The second-order valence-electron chi connectivity index (χ2n) is 5.09. The molecule has 0 unspecified atom stereocenters. The minimum Gasteiger partial charge on any atom is -0.367 e. The summed E-state index contributed by atoms with van der Waals surface area (Å²) in [5.74, 6) is 0. The van der Waals surface area contributed by atoms with Gasteiger partial charge in [-0.25, -0.2) is 0 Å². The number of nitrogens with zero attached hydrogens (tertiary/aromatic N) is 2. The topological polar surface area (TPSA) is 44.0 Å². The predicted molar refractivity (Wildman–Crippen MR) is 78.5 cm³/mol. The summed E-state index contributed by atoms with van der Waals surface area (Å²) in [6.45, 7) is 6.39. The first kappa shape index (κ1) is 12.2. The van der Waals surface area contributed by atoms with E-state index in [4.69, 9.17) is 0 Å². The quantitative estimate of drug-likeness (QED) is 0.865. The molecule has 1 aromatic heterocycles. The van der Waals surface area contributed by atoms with Crippen LogP contribution < -0.4 is 10.2 Å². The SMILES string of the molecule is Cc1cccc(-c2[nH]ncc2N2CCCNCC2)c1. The molecule has 0 atom stereocenters. The highest BCUT2D eigenvalue weighted by molar-refractivity contribution is 5.75. The number of benzene rings is 1. The average molecular weight is 256 g/mol. The lowest BCUT2D eigenvalue weighted by atomic mass is 10.1. The molecule has 1 fully saturated rings. The number of anilines is 1. The van der Waals surface area contributed by atoms with Gasteiger partial charge in [0.05, 0.1) is 17.6 Å². The van der Waals surface area contributed by atoms with Gasteiger partial charge in [-0.2, -0.15) is 5.10 Å². The van der Waals surface area contributed by atoms with Crippen molar-refractivity contribution in [3.63, 3.8) is 0 Å². The van der Waals surface area contributed by atoms with Crippen LogP contribution in [0.3, 0.4) is 0 Å². The molecular weight excluding hydrogens is 236 g/mol. The Labute approximate surface area is 113 Å². The first-order valence-electron chi connectivity index (χ1n) is 6.91. The van der Waals surface area contributed by atoms with Crippen molar-refractivity contribution in [3.05, 3.63) is 36.0 Å². The van der Waals surface area contributed by atoms with E-state index in [1.54, 1.807) is 0 Å². The van der Waals surface area contributed by atoms with Crippen LogP contribution in [-0.4, -0.2) is 36.4 Å². The Hall–Kier alpha value is -1.81. The molecule has 1 aromatic carbocycles. The van der Waals surface area contributed by atoms with Gasteiger partial charge in [0.15, 0.2) is 0 Å². The van der Waals surface area contributed by atoms with Gasteiger partial charge in [0.25, 0.3) is 0 Å². The van der Waals surface area contributed by atoms with E-state index in [9.17, 15) is 0 Å². The van der Waals surface area contributed by atoms with E-state index in [0.29, 0.717) is 0 Å². The van der Waals surface area contributed by atoms with Crippen LogP contribution in [0.4, 0.5) is 5.69 Å².